The predicted octanol–water partition coefficient (Wildman–Crippen LogP) is 2.58. The van der Waals surface area contributed by atoms with Crippen LogP contribution in [0.25, 0.3) is 0 Å². The van der Waals surface area contributed by atoms with Crippen molar-refractivity contribution in [2.45, 2.75) is 0 Å². The molecule has 0 aliphatic carbocycles. The van der Waals surface area contributed by atoms with Gasteiger partial charge < -0.3 is 10.1 Å². The Morgan fingerprint density at radius 2 is 1.96 bits per heavy atom. The molecule has 0 saturated carbocycles. The Morgan fingerprint density at radius 1 is 1.21 bits per heavy atom. The van der Waals surface area contributed by atoms with Gasteiger partial charge in [-0.05, 0) is 24.3 Å². The summed E-state index contributed by atoms with van der Waals surface area (Å²) in [6.07, 6.45) is 1.10. The minimum atomic E-state index is -1.01. The third-order valence-electron chi connectivity index (χ3n) is 2.89. The van der Waals surface area contributed by atoms with Gasteiger partial charge in [0.05, 0.1) is 18.3 Å². The van der Waals surface area contributed by atoms with Gasteiger partial charge in [-0.3, -0.25) is 9.59 Å². The number of amides is 2. The zero-order valence-corrected chi connectivity index (χ0v) is 13.3. The van der Waals surface area contributed by atoms with Gasteiger partial charge in [0.2, 0.25) is 0 Å². The van der Waals surface area contributed by atoms with E-state index < -0.39 is 17.6 Å². The number of nitrogens with one attached hydrogen (secondary N) is 2. The zero-order chi connectivity index (χ0) is 17.5. The van der Waals surface area contributed by atoms with Gasteiger partial charge >= 0.3 is 11.8 Å². The summed E-state index contributed by atoms with van der Waals surface area (Å²) < 4.78 is 18.3. The van der Waals surface area contributed by atoms with Gasteiger partial charge in [-0.25, -0.2) is 9.82 Å². The first-order chi connectivity index (χ1) is 11.5. The van der Waals surface area contributed by atoms with E-state index in [4.69, 9.17) is 16.3 Å². The van der Waals surface area contributed by atoms with E-state index in [0.29, 0.717) is 11.4 Å². The van der Waals surface area contributed by atoms with Gasteiger partial charge in [0, 0.05) is 11.3 Å². The van der Waals surface area contributed by atoms with Crippen LogP contribution in [0.5, 0.6) is 5.75 Å². The summed E-state index contributed by atoms with van der Waals surface area (Å²) in [7, 11) is 1.46. The molecule has 2 N–H and O–H groups in total. The average molecular weight is 350 g/mol. The van der Waals surface area contributed by atoms with Gasteiger partial charge in [-0.1, -0.05) is 29.8 Å². The third-order valence-corrected chi connectivity index (χ3v) is 3.19. The molecule has 0 aromatic heterocycles. The highest BCUT2D eigenvalue weighted by Crippen LogP contribution is 2.27. The monoisotopic (exact) mass is 349 g/mol. The SMILES string of the molecule is COc1ccc(NC(=O)C(=O)N/N=C\c2ccccc2F)cc1Cl. The zero-order valence-electron chi connectivity index (χ0n) is 12.5. The minimum absolute atomic E-state index is 0.181. The van der Waals surface area contributed by atoms with Crippen molar-refractivity contribution in [2.75, 3.05) is 12.4 Å². The molecule has 2 aromatic carbocycles. The van der Waals surface area contributed by atoms with E-state index in [0.717, 1.165) is 6.21 Å². The maximum absolute atomic E-state index is 13.4. The average Bonchev–Trinajstić information content (AvgIpc) is 2.56. The van der Waals surface area contributed by atoms with E-state index >= 15 is 0 Å². The molecule has 0 saturated heterocycles. The number of hydrogen-bond acceptors (Lipinski definition) is 4. The number of halogens is 2. The second-order valence-corrected chi connectivity index (χ2v) is 4.93. The summed E-state index contributed by atoms with van der Waals surface area (Å²) in [6.45, 7) is 0. The van der Waals surface area contributed by atoms with Crippen LogP contribution in [-0.4, -0.2) is 25.1 Å². The molecular formula is C16H13ClFN3O3. The Morgan fingerprint density at radius 3 is 2.62 bits per heavy atom. The molecule has 2 aromatic rings. The molecule has 0 fully saturated rings. The molecule has 0 radical (unpaired) electrons. The van der Waals surface area contributed by atoms with Crippen LogP contribution < -0.4 is 15.5 Å². The molecule has 2 rings (SSSR count). The second-order valence-electron chi connectivity index (χ2n) is 4.52. The lowest BCUT2D eigenvalue weighted by Gasteiger charge is -2.07. The van der Waals surface area contributed by atoms with E-state index in [1.165, 1.54) is 37.4 Å². The second kappa shape index (κ2) is 8.07. The fourth-order valence-corrected chi connectivity index (χ4v) is 1.98. The molecule has 124 valence electrons. The Labute approximate surface area is 142 Å². The van der Waals surface area contributed by atoms with Gasteiger partial charge in [0.25, 0.3) is 0 Å². The molecule has 8 heteroatoms. The number of ether oxygens (including phenoxy) is 1. The summed E-state index contributed by atoms with van der Waals surface area (Å²) in [5.41, 5.74) is 2.51. The van der Waals surface area contributed by atoms with Crippen molar-refractivity contribution in [1.29, 1.82) is 0 Å². The number of anilines is 1. The van der Waals surface area contributed by atoms with Crippen LogP contribution in [0.15, 0.2) is 47.6 Å². The van der Waals surface area contributed by atoms with Crippen LogP contribution in [-0.2, 0) is 9.59 Å². The van der Waals surface area contributed by atoms with Crippen molar-refractivity contribution in [3.63, 3.8) is 0 Å². The number of carbonyl (C=O) groups excluding carboxylic acids is 2. The van der Waals surface area contributed by atoms with Crippen molar-refractivity contribution in [1.82, 2.24) is 5.43 Å². The summed E-state index contributed by atoms with van der Waals surface area (Å²) >= 11 is 5.92. The standard InChI is InChI=1S/C16H13ClFN3O3/c1-24-14-7-6-11(8-12(14)17)20-15(22)16(23)21-19-9-10-4-2-3-5-13(10)18/h2-9H,1H3,(H,20,22)(H,21,23)/b19-9-. The van der Waals surface area contributed by atoms with E-state index in [9.17, 15) is 14.0 Å². The van der Waals surface area contributed by atoms with Crippen molar-refractivity contribution >= 4 is 35.3 Å². The molecule has 0 bridgehead atoms. The van der Waals surface area contributed by atoms with Crippen LogP contribution in [0.2, 0.25) is 5.02 Å². The topological polar surface area (TPSA) is 79.8 Å². The first-order valence-electron chi connectivity index (χ1n) is 6.73. The number of rotatable bonds is 4. The molecule has 6 nitrogen and oxygen atoms in total. The highest BCUT2D eigenvalue weighted by Gasteiger charge is 2.13. The van der Waals surface area contributed by atoms with Crippen molar-refractivity contribution < 1.29 is 18.7 Å². The number of methoxy groups -OCH3 is 1. The van der Waals surface area contributed by atoms with Crippen molar-refractivity contribution in [3.8, 4) is 5.75 Å². The molecule has 0 aliphatic rings. The largest absolute Gasteiger partial charge is 0.495 e. The first-order valence-corrected chi connectivity index (χ1v) is 7.11. The van der Waals surface area contributed by atoms with Gasteiger partial charge in [0.1, 0.15) is 11.6 Å². The Hall–Kier alpha value is -2.93. The number of benzene rings is 2. The van der Waals surface area contributed by atoms with Crippen molar-refractivity contribution in [3.05, 3.63) is 58.9 Å². The van der Waals surface area contributed by atoms with E-state index in [1.807, 2.05) is 5.43 Å². The molecule has 24 heavy (non-hydrogen) atoms. The summed E-state index contributed by atoms with van der Waals surface area (Å²) in [4.78, 5) is 23.4. The minimum Gasteiger partial charge on any atom is -0.495 e. The van der Waals surface area contributed by atoms with Gasteiger partial charge in [0.15, 0.2) is 0 Å². The molecule has 0 heterocycles. The van der Waals surface area contributed by atoms with E-state index in [2.05, 4.69) is 10.4 Å². The van der Waals surface area contributed by atoms with Crippen LogP contribution in [0.1, 0.15) is 5.56 Å². The first kappa shape index (κ1) is 17.4. The van der Waals surface area contributed by atoms with Crippen LogP contribution in [0, 0.1) is 5.82 Å². The highest BCUT2D eigenvalue weighted by molar-refractivity contribution is 6.40. The van der Waals surface area contributed by atoms with E-state index in [1.54, 1.807) is 12.1 Å². The lowest BCUT2D eigenvalue weighted by atomic mass is 10.2. The number of hydrazone groups is 1. The molecular weight excluding hydrogens is 337 g/mol. The summed E-state index contributed by atoms with van der Waals surface area (Å²) in [5.74, 6) is -2.00. The number of hydrogen-bond donors (Lipinski definition) is 2. The Kier molecular flexibility index (Phi) is 5.86. The molecule has 0 atom stereocenters. The fraction of sp³-hybridized carbons (Fsp3) is 0.0625. The van der Waals surface area contributed by atoms with Crippen LogP contribution >= 0.6 is 11.6 Å². The Bertz CT molecular complexity index is 796. The van der Waals surface area contributed by atoms with E-state index in [-0.39, 0.29) is 10.6 Å². The molecule has 2 amide bonds. The fourth-order valence-electron chi connectivity index (χ4n) is 1.72. The predicted molar refractivity (Wildman–Crippen MR) is 88.8 cm³/mol. The van der Waals surface area contributed by atoms with Crippen molar-refractivity contribution in [2.24, 2.45) is 5.10 Å². The van der Waals surface area contributed by atoms with Gasteiger partial charge in [-0.2, -0.15) is 5.10 Å². The Balaban J connectivity index is 1.94. The number of nitrogens with zero attached hydrogens (tertiary/aromatic N) is 1. The van der Waals surface area contributed by atoms with Gasteiger partial charge in [-0.15, -0.1) is 0 Å². The lowest BCUT2D eigenvalue weighted by molar-refractivity contribution is -0.136. The van der Waals surface area contributed by atoms with Crippen LogP contribution in [0.4, 0.5) is 10.1 Å². The highest BCUT2D eigenvalue weighted by atomic mass is 35.5. The molecule has 0 unspecified atom stereocenters. The summed E-state index contributed by atoms with van der Waals surface area (Å²) in [5, 5.41) is 6.18. The summed E-state index contributed by atoms with van der Waals surface area (Å²) in [6, 6.07) is 10.4. The third kappa shape index (κ3) is 4.53. The normalized spacial score (nSPS) is 10.5. The lowest BCUT2D eigenvalue weighted by Crippen LogP contribution is -2.32. The number of carbonyl (C=O) groups is 2. The molecule has 0 spiro atoms. The smallest absolute Gasteiger partial charge is 0.329 e. The maximum atomic E-state index is 13.4. The molecule has 0 aliphatic heterocycles. The van der Waals surface area contributed by atoms with Crippen LogP contribution in [0.3, 0.4) is 0 Å². The quantitative estimate of drug-likeness (QED) is 0.506. The maximum Gasteiger partial charge on any atom is 0.329 e.